The van der Waals surface area contributed by atoms with Gasteiger partial charge in [-0.25, -0.2) is 0 Å². The number of epoxide rings is 1. The van der Waals surface area contributed by atoms with Crippen molar-refractivity contribution in [2.24, 2.45) is 0 Å². The molecule has 0 N–H and O–H groups in total. The van der Waals surface area contributed by atoms with E-state index in [0.29, 0.717) is 35.4 Å². The molecule has 12 rings (SSSR count). The van der Waals surface area contributed by atoms with Gasteiger partial charge in [0, 0.05) is 45.9 Å². The predicted molar refractivity (Wildman–Crippen MR) is 120 cm³/mol. The van der Waals surface area contributed by atoms with Gasteiger partial charge < -0.3 is 4.74 Å². The van der Waals surface area contributed by atoms with Crippen LogP contribution < -0.4 is 0 Å². The van der Waals surface area contributed by atoms with Crippen molar-refractivity contribution in [2.75, 3.05) is 0 Å². The van der Waals surface area contributed by atoms with Crippen LogP contribution in [0.4, 0.5) is 35.1 Å². The molecule has 1 heterocycles. The van der Waals surface area contributed by atoms with Gasteiger partial charge in [0.05, 0.1) is 0 Å². The van der Waals surface area contributed by atoms with Gasteiger partial charge in [-0.2, -0.15) is 35.1 Å². The van der Waals surface area contributed by atoms with Crippen molar-refractivity contribution in [1.29, 1.82) is 0 Å². The topological polar surface area (TPSA) is 12.5 Å². The van der Waals surface area contributed by atoms with Gasteiger partial charge in [-0.15, -0.1) is 0 Å². The number of ether oxygens (including phenoxy) is 1. The lowest BCUT2D eigenvalue weighted by Gasteiger charge is -2.55. The summed E-state index contributed by atoms with van der Waals surface area (Å²) in [6.45, 7) is 0. The van der Waals surface area contributed by atoms with Crippen LogP contribution in [-0.2, 0) is 28.4 Å². The van der Waals surface area contributed by atoms with E-state index in [9.17, 15) is 0 Å². The van der Waals surface area contributed by atoms with Gasteiger partial charge >= 0.3 is 23.7 Å². The first kappa shape index (κ1) is 21.6. The Hall–Kier alpha value is -3.20. The highest BCUT2D eigenvalue weighted by Crippen LogP contribution is 2.87. The summed E-state index contributed by atoms with van der Waals surface area (Å²) in [5, 5.41) is 0. The Balaban J connectivity index is 1.55. The van der Waals surface area contributed by atoms with Crippen LogP contribution in [0.2, 0.25) is 0 Å². The molecule has 3 aromatic carbocycles. The third-order valence-corrected chi connectivity index (χ3v) is 10.7. The van der Waals surface area contributed by atoms with Crippen LogP contribution in [0, 0.1) is 0 Å². The zero-order valence-corrected chi connectivity index (χ0v) is 19.5. The van der Waals surface area contributed by atoms with E-state index in [1.807, 2.05) is 0 Å². The smallest absolute Gasteiger partial charge is 0.340 e. The average molecular weight is 542 g/mol. The van der Waals surface area contributed by atoms with Crippen molar-refractivity contribution < 1.29 is 39.9 Å². The third-order valence-electron chi connectivity index (χ3n) is 10.7. The summed E-state index contributed by atoms with van der Waals surface area (Å²) in [5.41, 5.74) is -7.75. The molecular formula is C30H14F8O. The highest BCUT2D eigenvalue weighted by molar-refractivity contribution is 5.78. The first-order chi connectivity index (χ1) is 18.4. The highest BCUT2D eigenvalue weighted by Gasteiger charge is 2.91. The Morgan fingerprint density at radius 2 is 0.795 bits per heavy atom. The van der Waals surface area contributed by atoms with Crippen LogP contribution >= 0.6 is 0 Å². The standard InChI is InChI=1S/C30H14F8O/c31-27(32)15-7-8-16-20-14-6-5-13(19(15)20)25-23-11-3-1-2-4-12(11)24(26(14,25)39-25)22-18(30(37,38)28(16,33)34)10-9-17(21(22)23)29(27,35)36/h1-10,13-14,23-24H/t13-,14+,23+,24-,25+,26-. The fourth-order valence-corrected chi connectivity index (χ4v) is 9.50. The SMILES string of the molecule is FC1(F)c2ccc3c4c2[C@@H]2c5ccccc5[C@H]4[C@@]45O[C@@]24[C@@H]2C=C[C@H]5c4c(ccc(c42)C1(F)F)C(F)(F)C3(F)F. The molecule has 1 fully saturated rings. The normalized spacial score (nSPS) is 39.1. The van der Waals surface area contributed by atoms with Gasteiger partial charge in [0.25, 0.3) is 0 Å². The molecule has 9 heteroatoms. The number of halogens is 8. The van der Waals surface area contributed by atoms with Crippen LogP contribution in [0.5, 0.6) is 0 Å². The number of hydrogen-bond donors (Lipinski definition) is 0. The molecule has 1 saturated heterocycles. The number of benzene rings is 3. The molecule has 196 valence electrons. The molecule has 9 aliphatic rings. The first-order valence-electron chi connectivity index (χ1n) is 12.7. The summed E-state index contributed by atoms with van der Waals surface area (Å²) >= 11 is 0. The minimum Gasteiger partial charge on any atom is -0.358 e. The summed E-state index contributed by atoms with van der Waals surface area (Å²) in [4.78, 5) is 0. The van der Waals surface area contributed by atoms with Crippen molar-refractivity contribution in [3.05, 3.63) is 116 Å². The average Bonchev–Trinajstić information content (AvgIpc) is 3.65. The minimum absolute atomic E-state index is 0.416. The van der Waals surface area contributed by atoms with Crippen molar-refractivity contribution in [2.45, 2.75) is 58.6 Å². The summed E-state index contributed by atoms with van der Waals surface area (Å²) in [7, 11) is 0. The first-order valence-corrected chi connectivity index (χ1v) is 12.7. The molecule has 0 amide bonds. The molecule has 1 nitrogen and oxygen atoms in total. The second-order valence-corrected chi connectivity index (χ2v) is 11.8. The second kappa shape index (κ2) is 5.40. The van der Waals surface area contributed by atoms with Crippen molar-refractivity contribution in [3.63, 3.8) is 0 Å². The Labute approximate surface area is 215 Å². The molecule has 1 aliphatic heterocycles. The van der Waals surface area contributed by atoms with Crippen LogP contribution in [0.15, 0.2) is 60.7 Å². The molecule has 0 unspecified atom stereocenters. The highest BCUT2D eigenvalue weighted by atomic mass is 19.3. The second-order valence-electron chi connectivity index (χ2n) is 11.8. The van der Waals surface area contributed by atoms with Gasteiger partial charge in [-0.3, -0.25) is 0 Å². The summed E-state index contributed by atoms with van der Waals surface area (Å²) < 4.78 is 137. The van der Waals surface area contributed by atoms with Gasteiger partial charge in [0.2, 0.25) is 0 Å². The maximum absolute atomic E-state index is 16.3. The van der Waals surface area contributed by atoms with Gasteiger partial charge in [0.1, 0.15) is 11.2 Å². The van der Waals surface area contributed by atoms with E-state index in [1.165, 1.54) is 0 Å². The summed E-state index contributed by atoms with van der Waals surface area (Å²) in [6, 6.07) is 8.73. The molecular weight excluding hydrogens is 528 g/mol. The zero-order valence-electron chi connectivity index (χ0n) is 19.5. The molecule has 3 aromatic rings. The molecule has 39 heavy (non-hydrogen) atoms. The number of rotatable bonds is 0. The summed E-state index contributed by atoms with van der Waals surface area (Å²) in [6.07, 6.45) is 3.15. The lowest BCUT2D eigenvalue weighted by Crippen LogP contribution is -2.56. The third kappa shape index (κ3) is 1.67. The Morgan fingerprint density at radius 3 is 1.15 bits per heavy atom. The van der Waals surface area contributed by atoms with Crippen LogP contribution in [0.25, 0.3) is 0 Å². The van der Waals surface area contributed by atoms with Gasteiger partial charge in [0.15, 0.2) is 0 Å². The van der Waals surface area contributed by atoms with Crippen molar-refractivity contribution in [3.8, 4) is 0 Å². The fraction of sp³-hybridized carbons (Fsp3) is 0.333. The van der Waals surface area contributed by atoms with E-state index in [0.717, 1.165) is 0 Å². The summed E-state index contributed by atoms with van der Waals surface area (Å²) in [5.74, 6) is -23.7. The molecule has 6 atom stereocenters. The largest absolute Gasteiger partial charge is 0.358 e. The van der Waals surface area contributed by atoms with E-state index in [2.05, 4.69) is 0 Å². The number of alkyl halides is 8. The van der Waals surface area contributed by atoms with Crippen molar-refractivity contribution in [1.82, 2.24) is 0 Å². The lowest BCUT2D eigenvalue weighted by molar-refractivity contribution is -0.228. The lowest BCUT2D eigenvalue weighted by atomic mass is 9.43. The quantitative estimate of drug-likeness (QED) is 0.162. The molecule has 0 radical (unpaired) electrons. The fourth-order valence-electron chi connectivity index (χ4n) is 9.50. The van der Waals surface area contributed by atoms with Crippen LogP contribution in [-0.4, -0.2) is 11.2 Å². The number of hydrogen-bond acceptors (Lipinski definition) is 1. The zero-order chi connectivity index (χ0) is 26.9. The maximum atomic E-state index is 16.3. The van der Waals surface area contributed by atoms with Crippen LogP contribution in [0.1, 0.15) is 79.3 Å². The van der Waals surface area contributed by atoms with E-state index in [4.69, 9.17) is 4.74 Å². The van der Waals surface area contributed by atoms with E-state index in [-0.39, 0.29) is 0 Å². The van der Waals surface area contributed by atoms with Gasteiger partial charge in [-0.05, 0) is 33.4 Å². The minimum atomic E-state index is -4.82. The van der Waals surface area contributed by atoms with Gasteiger partial charge in [-0.1, -0.05) is 60.7 Å². The maximum Gasteiger partial charge on any atom is 0.340 e. The molecule has 0 saturated carbocycles. The molecule has 2 spiro atoms. The molecule has 10 bridgehead atoms. The Bertz CT molecular complexity index is 1680. The van der Waals surface area contributed by atoms with E-state index < -0.39 is 103 Å². The van der Waals surface area contributed by atoms with E-state index >= 15 is 35.1 Å². The molecule has 0 aromatic heterocycles. The molecule has 8 aliphatic carbocycles. The predicted octanol–water partition coefficient (Wildman–Crippen LogP) is 7.63. The van der Waals surface area contributed by atoms with E-state index in [1.54, 1.807) is 36.4 Å². The van der Waals surface area contributed by atoms with Crippen LogP contribution in [0.3, 0.4) is 0 Å². The Morgan fingerprint density at radius 1 is 0.462 bits per heavy atom. The Kier molecular flexibility index (Phi) is 2.99. The van der Waals surface area contributed by atoms with Crippen molar-refractivity contribution >= 4 is 0 Å². The monoisotopic (exact) mass is 542 g/mol.